The lowest BCUT2D eigenvalue weighted by Gasteiger charge is -2.11. The third-order valence-electron chi connectivity index (χ3n) is 2.80. The molecule has 0 amide bonds. The van der Waals surface area contributed by atoms with Crippen LogP contribution in [0.3, 0.4) is 0 Å². The van der Waals surface area contributed by atoms with Gasteiger partial charge < -0.3 is 15.5 Å². The summed E-state index contributed by atoms with van der Waals surface area (Å²) in [5, 5.41) is 3.23. The first-order valence-corrected chi connectivity index (χ1v) is 7.20. The molecule has 6 heteroatoms. The molecule has 1 aromatic heterocycles. The Morgan fingerprint density at radius 1 is 1.15 bits per heavy atom. The number of ether oxygens (including phenoxy) is 1. The number of hydrogen-bond donors (Lipinski definition) is 3. The predicted octanol–water partition coefficient (Wildman–Crippen LogP) is 2.36. The first-order valence-electron chi connectivity index (χ1n) is 7.20. The Kier molecular flexibility index (Phi) is 7.25. The second-order valence-electron chi connectivity index (χ2n) is 5.52. The molecule has 0 atom stereocenters. The molecule has 0 saturated carbocycles. The fourth-order valence-electron chi connectivity index (χ4n) is 1.56. The third-order valence-corrected chi connectivity index (χ3v) is 2.80. The number of nitrogens with two attached hydrogens (primary N) is 1. The first kappa shape index (κ1) is 16.7. The maximum Gasteiger partial charge on any atom is 0.145 e. The van der Waals surface area contributed by atoms with Gasteiger partial charge in [0.15, 0.2) is 0 Å². The molecule has 114 valence electrons. The number of hydrogen-bond acceptors (Lipinski definition) is 6. The SMILES string of the molecule is CC(C)CCOCCNc1cc(NN)nc(C(C)C)n1. The van der Waals surface area contributed by atoms with Crippen molar-refractivity contribution in [1.29, 1.82) is 0 Å². The molecule has 0 unspecified atom stereocenters. The highest BCUT2D eigenvalue weighted by Crippen LogP contribution is 2.16. The van der Waals surface area contributed by atoms with Crippen molar-refractivity contribution in [2.45, 2.75) is 40.0 Å². The fraction of sp³-hybridized carbons (Fsp3) is 0.714. The Labute approximate surface area is 121 Å². The van der Waals surface area contributed by atoms with E-state index >= 15 is 0 Å². The quantitative estimate of drug-likeness (QED) is 0.366. The monoisotopic (exact) mass is 281 g/mol. The van der Waals surface area contributed by atoms with Crippen LogP contribution < -0.4 is 16.6 Å². The van der Waals surface area contributed by atoms with Crippen LogP contribution in [0.1, 0.15) is 45.9 Å². The van der Waals surface area contributed by atoms with Crippen molar-refractivity contribution in [1.82, 2.24) is 9.97 Å². The minimum atomic E-state index is 0.256. The van der Waals surface area contributed by atoms with Crippen LogP contribution in [-0.4, -0.2) is 29.7 Å². The minimum Gasteiger partial charge on any atom is -0.380 e. The average Bonchev–Trinajstić information content (AvgIpc) is 2.41. The highest BCUT2D eigenvalue weighted by atomic mass is 16.5. The molecule has 6 nitrogen and oxygen atoms in total. The van der Waals surface area contributed by atoms with E-state index in [4.69, 9.17) is 10.6 Å². The zero-order valence-corrected chi connectivity index (χ0v) is 12.9. The molecule has 0 spiro atoms. The molecule has 0 bridgehead atoms. The Morgan fingerprint density at radius 2 is 1.85 bits per heavy atom. The van der Waals surface area contributed by atoms with E-state index in [0.717, 1.165) is 31.2 Å². The number of aromatic nitrogens is 2. The topological polar surface area (TPSA) is 85.1 Å². The van der Waals surface area contributed by atoms with Crippen molar-refractivity contribution in [3.05, 3.63) is 11.9 Å². The van der Waals surface area contributed by atoms with E-state index in [0.29, 0.717) is 18.3 Å². The smallest absolute Gasteiger partial charge is 0.145 e. The van der Waals surface area contributed by atoms with E-state index in [-0.39, 0.29) is 5.92 Å². The molecule has 1 rings (SSSR count). The second kappa shape index (κ2) is 8.71. The maximum absolute atomic E-state index is 5.55. The highest BCUT2D eigenvalue weighted by Gasteiger charge is 2.07. The lowest BCUT2D eigenvalue weighted by Crippen LogP contribution is -2.15. The predicted molar refractivity (Wildman–Crippen MR) is 82.7 cm³/mol. The van der Waals surface area contributed by atoms with Crippen molar-refractivity contribution >= 4 is 11.6 Å². The van der Waals surface area contributed by atoms with Gasteiger partial charge in [0, 0.05) is 25.1 Å². The normalized spacial score (nSPS) is 11.2. The highest BCUT2D eigenvalue weighted by molar-refractivity contribution is 5.47. The Hall–Kier alpha value is -1.40. The number of hydrazine groups is 1. The molecule has 4 N–H and O–H groups in total. The second-order valence-corrected chi connectivity index (χ2v) is 5.52. The zero-order valence-electron chi connectivity index (χ0n) is 12.9. The molecular formula is C14H27N5O. The molecule has 1 aromatic rings. The number of nitrogens with one attached hydrogen (secondary N) is 2. The van der Waals surface area contributed by atoms with Gasteiger partial charge in [-0.05, 0) is 12.3 Å². The zero-order chi connectivity index (χ0) is 15.0. The van der Waals surface area contributed by atoms with Crippen molar-refractivity contribution in [2.75, 3.05) is 30.5 Å². The Morgan fingerprint density at radius 3 is 2.45 bits per heavy atom. The average molecular weight is 281 g/mol. The summed E-state index contributed by atoms with van der Waals surface area (Å²) in [6.07, 6.45) is 1.09. The minimum absolute atomic E-state index is 0.256. The van der Waals surface area contributed by atoms with E-state index in [9.17, 15) is 0 Å². The number of anilines is 2. The van der Waals surface area contributed by atoms with Crippen LogP contribution in [0.5, 0.6) is 0 Å². The molecule has 0 aliphatic rings. The van der Waals surface area contributed by atoms with Gasteiger partial charge in [-0.1, -0.05) is 27.7 Å². The van der Waals surface area contributed by atoms with Gasteiger partial charge in [0.25, 0.3) is 0 Å². The number of nitrogen functional groups attached to an aromatic ring is 1. The van der Waals surface area contributed by atoms with Gasteiger partial charge in [-0.15, -0.1) is 0 Å². The van der Waals surface area contributed by atoms with Crippen LogP contribution in [0.2, 0.25) is 0 Å². The van der Waals surface area contributed by atoms with Crippen LogP contribution >= 0.6 is 0 Å². The van der Waals surface area contributed by atoms with Crippen molar-refractivity contribution < 1.29 is 4.74 Å². The summed E-state index contributed by atoms with van der Waals surface area (Å²) < 4.78 is 5.55. The molecule has 0 aliphatic carbocycles. The number of rotatable bonds is 9. The summed E-state index contributed by atoms with van der Waals surface area (Å²) in [6.45, 7) is 10.7. The molecule has 0 aliphatic heterocycles. The van der Waals surface area contributed by atoms with E-state index < -0.39 is 0 Å². The van der Waals surface area contributed by atoms with Gasteiger partial charge in [0.2, 0.25) is 0 Å². The van der Waals surface area contributed by atoms with Crippen molar-refractivity contribution in [2.24, 2.45) is 11.8 Å². The van der Waals surface area contributed by atoms with Gasteiger partial charge >= 0.3 is 0 Å². The van der Waals surface area contributed by atoms with E-state index in [1.54, 1.807) is 6.07 Å². The summed E-state index contributed by atoms with van der Waals surface area (Å²) in [5.74, 6) is 8.50. The standard InChI is InChI=1S/C14H27N5O/c1-10(2)5-7-20-8-6-16-12-9-13(19-15)18-14(17-12)11(3)4/h9-11H,5-8,15H2,1-4H3,(H2,16,17,18,19). The van der Waals surface area contributed by atoms with Gasteiger partial charge in [-0.3, -0.25) is 0 Å². The molecular weight excluding hydrogens is 254 g/mol. The largest absolute Gasteiger partial charge is 0.380 e. The molecule has 1 heterocycles. The third kappa shape index (κ3) is 6.16. The van der Waals surface area contributed by atoms with Gasteiger partial charge in [-0.25, -0.2) is 15.8 Å². The molecule has 0 aromatic carbocycles. The van der Waals surface area contributed by atoms with Crippen molar-refractivity contribution in [3.8, 4) is 0 Å². The van der Waals surface area contributed by atoms with Crippen molar-refractivity contribution in [3.63, 3.8) is 0 Å². The Balaban J connectivity index is 2.41. The summed E-state index contributed by atoms with van der Waals surface area (Å²) in [7, 11) is 0. The van der Waals surface area contributed by atoms with Crippen LogP contribution in [-0.2, 0) is 4.74 Å². The van der Waals surface area contributed by atoms with E-state index in [1.807, 2.05) is 0 Å². The number of nitrogens with zero attached hydrogens (tertiary/aromatic N) is 2. The summed E-state index contributed by atoms with van der Waals surface area (Å²) in [5.41, 5.74) is 2.56. The lowest BCUT2D eigenvalue weighted by atomic mass is 10.1. The van der Waals surface area contributed by atoms with Gasteiger partial charge in [-0.2, -0.15) is 0 Å². The molecule has 20 heavy (non-hydrogen) atoms. The fourth-order valence-corrected chi connectivity index (χ4v) is 1.56. The first-order chi connectivity index (χ1) is 9.52. The Bertz CT molecular complexity index is 395. The maximum atomic E-state index is 5.55. The van der Waals surface area contributed by atoms with E-state index in [1.165, 1.54) is 0 Å². The van der Waals surface area contributed by atoms with Crippen LogP contribution in [0.25, 0.3) is 0 Å². The van der Waals surface area contributed by atoms with Gasteiger partial charge in [0.05, 0.1) is 6.61 Å². The lowest BCUT2D eigenvalue weighted by molar-refractivity contribution is 0.132. The van der Waals surface area contributed by atoms with Crippen LogP contribution in [0, 0.1) is 5.92 Å². The van der Waals surface area contributed by atoms with Crippen LogP contribution in [0.4, 0.5) is 11.6 Å². The molecule has 0 saturated heterocycles. The van der Waals surface area contributed by atoms with E-state index in [2.05, 4.69) is 48.4 Å². The summed E-state index contributed by atoms with van der Waals surface area (Å²) in [6, 6.07) is 1.79. The summed E-state index contributed by atoms with van der Waals surface area (Å²) in [4.78, 5) is 8.76. The molecule has 0 radical (unpaired) electrons. The van der Waals surface area contributed by atoms with Gasteiger partial charge in [0.1, 0.15) is 17.5 Å². The summed E-state index contributed by atoms with van der Waals surface area (Å²) >= 11 is 0. The molecule has 0 fully saturated rings. The van der Waals surface area contributed by atoms with Crippen LogP contribution in [0.15, 0.2) is 6.07 Å².